The molecule has 11 aromatic carbocycles. The van der Waals surface area contributed by atoms with Crippen LogP contribution in [0.3, 0.4) is 0 Å². The Kier molecular flexibility index (Phi) is 7.40. The van der Waals surface area contributed by atoms with Gasteiger partial charge in [-0.2, -0.15) is 9.97 Å². The minimum absolute atomic E-state index is 0.591. The molecule has 0 aliphatic heterocycles. The fourth-order valence-corrected chi connectivity index (χ4v) is 11.2. The fraction of sp³-hybridized carbons (Fsp3) is 0. The normalized spacial score (nSPS) is 12.2. The number of benzene rings is 11. The highest BCUT2D eigenvalue weighted by atomic mass is 15.2. The van der Waals surface area contributed by atoms with Crippen LogP contribution in [0.4, 0.5) is 0 Å². The summed E-state index contributed by atoms with van der Waals surface area (Å²) in [6, 6.07) is 78.5. The average Bonchev–Trinajstić information content (AvgIpc) is 4.05. The molecule has 0 spiro atoms. The lowest BCUT2D eigenvalue weighted by atomic mass is 9.90. The smallest absolute Gasteiger partial charge is 0.238 e. The summed E-state index contributed by atoms with van der Waals surface area (Å²) < 4.78 is 7.08. The zero-order chi connectivity index (χ0) is 43.7. The first-order valence-corrected chi connectivity index (χ1v) is 22.8. The quantitative estimate of drug-likeness (QED) is 0.157. The molecule has 0 fully saturated rings. The van der Waals surface area contributed by atoms with Crippen molar-refractivity contribution in [3.63, 3.8) is 0 Å². The Morgan fingerprint density at radius 1 is 0.269 bits per heavy atom. The summed E-state index contributed by atoms with van der Waals surface area (Å²) in [5.74, 6) is 1.86. The molecule has 0 radical (unpaired) electrons. The lowest BCUT2D eigenvalue weighted by molar-refractivity contribution is 0.954. The van der Waals surface area contributed by atoms with Crippen molar-refractivity contribution in [3.05, 3.63) is 218 Å². The van der Waals surface area contributed by atoms with Crippen LogP contribution in [0.2, 0.25) is 0 Å². The standard InChI is InChI=1S/C61H36N6/c1-4-14-39(15-5-1)59-62-60(40-16-6-2-7-17-40)64-61(63-59)67-52-25-13-19-38-27-30-47-44(32-35-54(67)58(47)56(38)52)43-31-34-53-57-46(43)29-26-37-18-12-24-51(55(37)57)66(53)42-28-33-50-48(36-42)45-22-10-11-23-49(45)65(50)41-20-8-3-9-21-41/h1-36H. The summed E-state index contributed by atoms with van der Waals surface area (Å²) >= 11 is 0. The van der Waals surface area contributed by atoms with Gasteiger partial charge in [-0.05, 0) is 93.3 Å². The summed E-state index contributed by atoms with van der Waals surface area (Å²) in [5, 5.41) is 12.3. The van der Waals surface area contributed by atoms with Gasteiger partial charge in [0, 0.05) is 54.8 Å². The van der Waals surface area contributed by atoms with Gasteiger partial charge in [0.15, 0.2) is 11.6 Å². The van der Waals surface area contributed by atoms with Gasteiger partial charge in [-0.1, -0.05) is 158 Å². The first-order valence-electron chi connectivity index (χ1n) is 22.8. The first-order chi connectivity index (χ1) is 33.2. The van der Waals surface area contributed by atoms with Crippen LogP contribution in [0, 0.1) is 0 Å². The third-order valence-electron chi connectivity index (χ3n) is 14.0. The van der Waals surface area contributed by atoms with Crippen molar-refractivity contribution >= 4 is 87.0 Å². The van der Waals surface area contributed by atoms with Gasteiger partial charge in [0.25, 0.3) is 0 Å². The van der Waals surface area contributed by atoms with Gasteiger partial charge in [-0.25, -0.2) is 4.98 Å². The first kappa shape index (κ1) is 36.2. The van der Waals surface area contributed by atoms with E-state index in [-0.39, 0.29) is 0 Å². The molecule has 0 bridgehead atoms. The maximum Gasteiger partial charge on any atom is 0.238 e. The maximum atomic E-state index is 5.21. The van der Waals surface area contributed by atoms with E-state index in [9.17, 15) is 0 Å². The molecule has 67 heavy (non-hydrogen) atoms. The zero-order valence-corrected chi connectivity index (χ0v) is 36.0. The van der Waals surface area contributed by atoms with Gasteiger partial charge in [-0.3, -0.25) is 4.57 Å². The number of hydrogen-bond donors (Lipinski definition) is 0. The van der Waals surface area contributed by atoms with E-state index in [1.54, 1.807) is 0 Å². The van der Waals surface area contributed by atoms with E-state index in [0.717, 1.165) is 33.5 Å². The lowest BCUT2D eigenvalue weighted by Gasteiger charge is -2.14. The van der Waals surface area contributed by atoms with Gasteiger partial charge >= 0.3 is 0 Å². The molecule has 0 aliphatic rings. The second-order valence-corrected chi connectivity index (χ2v) is 17.6. The van der Waals surface area contributed by atoms with Crippen LogP contribution in [0.15, 0.2) is 218 Å². The monoisotopic (exact) mass is 852 g/mol. The Morgan fingerprint density at radius 2 is 0.746 bits per heavy atom. The molecule has 0 N–H and O–H groups in total. The summed E-state index contributed by atoms with van der Waals surface area (Å²) in [4.78, 5) is 15.4. The molecule has 0 saturated heterocycles. The molecule has 310 valence electrons. The molecular weight excluding hydrogens is 817 g/mol. The molecule has 4 heterocycles. The minimum atomic E-state index is 0.591. The second kappa shape index (κ2) is 13.7. The van der Waals surface area contributed by atoms with Gasteiger partial charge in [0.05, 0.1) is 33.1 Å². The molecule has 0 amide bonds. The van der Waals surface area contributed by atoms with E-state index < -0.39 is 0 Å². The molecule has 15 aromatic rings. The highest BCUT2D eigenvalue weighted by Gasteiger charge is 2.25. The highest BCUT2D eigenvalue weighted by molar-refractivity contribution is 6.30. The third-order valence-corrected chi connectivity index (χ3v) is 14.0. The number of fused-ring (bicyclic) bond motifs is 3. The van der Waals surface area contributed by atoms with E-state index in [1.807, 2.05) is 36.4 Å². The van der Waals surface area contributed by atoms with E-state index in [1.165, 1.54) is 87.1 Å². The van der Waals surface area contributed by atoms with Gasteiger partial charge in [0.2, 0.25) is 5.95 Å². The summed E-state index contributed by atoms with van der Waals surface area (Å²) in [6.07, 6.45) is 0. The van der Waals surface area contributed by atoms with Crippen molar-refractivity contribution in [1.29, 1.82) is 0 Å². The van der Waals surface area contributed by atoms with E-state index in [4.69, 9.17) is 15.0 Å². The van der Waals surface area contributed by atoms with Gasteiger partial charge in [0.1, 0.15) is 0 Å². The molecule has 0 aliphatic carbocycles. The average molecular weight is 853 g/mol. The predicted octanol–water partition coefficient (Wildman–Crippen LogP) is 15.3. The van der Waals surface area contributed by atoms with Crippen molar-refractivity contribution in [2.24, 2.45) is 0 Å². The van der Waals surface area contributed by atoms with Crippen LogP contribution in [-0.4, -0.2) is 28.7 Å². The predicted molar refractivity (Wildman–Crippen MR) is 277 cm³/mol. The molecule has 6 heteroatoms. The Labute approximate surface area is 383 Å². The van der Waals surface area contributed by atoms with Crippen LogP contribution >= 0.6 is 0 Å². The summed E-state index contributed by atoms with van der Waals surface area (Å²) in [6.45, 7) is 0. The van der Waals surface area contributed by atoms with Crippen molar-refractivity contribution in [2.75, 3.05) is 0 Å². The third kappa shape index (κ3) is 5.12. The number of hydrogen-bond acceptors (Lipinski definition) is 3. The van der Waals surface area contributed by atoms with Crippen molar-refractivity contribution in [2.45, 2.75) is 0 Å². The Balaban J connectivity index is 0.951. The molecule has 0 saturated carbocycles. The highest BCUT2D eigenvalue weighted by Crippen LogP contribution is 2.47. The van der Waals surface area contributed by atoms with E-state index >= 15 is 0 Å². The number of para-hydroxylation sites is 2. The van der Waals surface area contributed by atoms with Crippen molar-refractivity contribution in [1.82, 2.24) is 28.7 Å². The van der Waals surface area contributed by atoms with Crippen LogP contribution < -0.4 is 0 Å². The fourth-order valence-electron chi connectivity index (χ4n) is 11.2. The maximum absolute atomic E-state index is 5.21. The Hall–Kier alpha value is -9.13. The molecular formula is C61H36N6. The van der Waals surface area contributed by atoms with Gasteiger partial charge < -0.3 is 9.13 Å². The molecule has 0 atom stereocenters. The molecule has 4 aromatic heterocycles. The Bertz CT molecular complexity index is 4370. The summed E-state index contributed by atoms with van der Waals surface area (Å²) in [7, 11) is 0. The number of nitrogens with zero attached hydrogens (tertiary/aromatic N) is 6. The van der Waals surface area contributed by atoms with Crippen LogP contribution in [0.1, 0.15) is 0 Å². The number of aromatic nitrogens is 6. The van der Waals surface area contributed by atoms with Crippen LogP contribution in [-0.2, 0) is 0 Å². The molecule has 6 nitrogen and oxygen atoms in total. The van der Waals surface area contributed by atoms with Crippen molar-refractivity contribution < 1.29 is 0 Å². The van der Waals surface area contributed by atoms with E-state index in [0.29, 0.717) is 17.6 Å². The van der Waals surface area contributed by atoms with Crippen LogP contribution in [0.5, 0.6) is 0 Å². The Morgan fingerprint density at radius 3 is 1.37 bits per heavy atom. The molecule has 0 unspecified atom stereocenters. The molecule has 15 rings (SSSR count). The second-order valence-electron chi connectivity index (χ2n) is 17.6. The summed E-state index contributed by atoms with van der Waals surface area (Å²) in [5.41, 5.74) is 13.5. The number of rotatable bonds is 6. The van der Waals surface area contributed by atoms with Crippen LogP contribution in [0.25, 0.3) is 138 Å². The van der Waals surface area contributed by atoms with Gasteiger partial charge in [-0.15, -0.1) is 0 Å². The largest absolute Gasteiger partial charge is 0.309 e. The van der Waals surface area contributed by atoms with Crippen molar-refractivity contribution in [3.8, 4) is 51.2 Å². The minimum Gasteiger partial charge on any atom is -0.309 e. The SMILES string of the molecule is c1ccc(-c2nc(-c3ccccc3)nc(-n3c4cccc5ccc6c(-c7ccc8c9c7ccc7cccc(c79)n8-c7ccc8c(c7)c7ccccc7n8-c7ccccc7)ccc3c6c54)n2)cc1. The topological polar surface area (TPSA) is 53.5 Å². The lowest BCUT2D eigenvalue weighted by Crippen LogP contribution is -2.06. The van der Waals surface area contributed by atoms with E-state index in [2.05, 4.69) is 196 Å². The zero-order valence-electron chi connectivity index (χ0n) is 36.0.